The lowest BCUT2D eigenvalue weighted by atomic mass is 10.1. The third-order valence-electron chi connectivity index (χ3n) is 4.97. The molecule has 0 aliphatic rings. The van der Waals surface area contributed by atoms with Crippen molar-refractivity contribution in [3.63, 3.8) is 0 Å². The second-order valence-corrected chi connectivity index (χ2v) is 7.73. The van der Waals surface area contributed by atoms with E-state index in [1.165, 1.54) is 12.1 Å². The topological polar surface area (TPSA) is 77.7 Å². The van der Waals surface area contributed by atoms with Crippen LogP contribution in [0.25, 0.3) is 22.5 Å². The molecule has 0 aliphatic heterocycles. The first-order valence-corrected chi connectivity index (χ1v) is 10.2. The first-order valence-electron chi connectivity index (χ1n) is 9.86. The average Bonchev–Trinajstić information content (AvgIpc) is 3.43. The summed E-state index contributed by atoms with van der Waals surface area (Å²) < 4.78 is 13.4. The Labute approximate surface area is 184 Å². The summed E-state index contributed by atoms with van der Waals surface area (Å²) in [4.78, 5) is 14.3. The molecule has 158 valence electrons. The zero-order chi connectivity index (χ0) is 21.8. The molecule has 0 fully saturated rings. The summed E-state index contributed by atoms with van der Waals surface area (Å²) in [5, 5.41) is 14.9. The van der Waals surface area contributed by atoms with Gasteiger partial charge in [0.25, 0.3) is 5.91 Å². The molecular weight excluding hydrogens is 417 g/mol. The van der Waals surface area contributed by atoms with Crippen LogP contribution in [0.4, 0.5) is 4.39 Å². The molecule has 0 unspecified atom stereocenters. The van der Waals surface area contributed by atoms with Crippen molar-refractivity contribution in [2.24, 2.45) is 0 Å². The molecule has 2 aromatic carbocycles. The van der Waals surface area contributed by atoms with Gasteiger partial charge in [-0.25, -0.2) is 4.39 Å². The Kier molecular flexibility index (Phi) is 6.13. The van der Waals surface area contributed by atoms with Gasteiger partial charge >= 0.3 is 0 Å². The van der Waals surface area contributed by atoms with Gasteiger partial charge in [-0.05, 0) is 49.2 Å². The smallest absolute Gasteiger partial charge is 0.271 e. The summed E-state index contributed by atoms with van der Waals surface area (Å²) in [6.07, 6.45) is 1.47. The van der Waals surface area contributed by atoms with Crippen LogP contribution in [0.2, 0.25) is 5.02 Å². The van der Waals surface area contributed by atoms with Gasteiger partial charge in [-0.3, -0.25) is 15.0 Å². The fraction of sp³-hybridized carbons (Fsp3) is 0.174. The van der Waals surface area contributed by atoms with Crippen molar-refractivity contribution in [1.29, 1.82) is 0 Å². The molecule has 0 bridgehead atoms. The maximum Gasteiger partial charge on any atom is 0.271 e. The Balaban J connectivity index is 1.32. The molecule has 0 atom stereocenters. The van der Waals surface area contributed by atoms with Crippen molar-refractivity contribution in [3.8, 4) is 22.5 Å². The van der Waals surface area contributed by atoms with Crippen molar-refractivity contribution in [1.82, 2.24) is 25.3 Å². The summed E-state index contributed by atoms with van der Waals surface area (Å²) in [6.45, 7) is 0.568. The lowest BCUT2D eigenvalue weighted by Gasteiger charge is -2.15. The van der Waals surface area contributed by atoms with Crippen molar-refractivity contribution in [2.45, 2.75) is 12.8 Å². The number of hydrogen-bond acceptors (Lipinski definition) is 3. The minimum atomic E-state index is -0.292. The number of carbonyl (C=O) groups is 1. The molecule has 0 spiro atoms. The van der Waals surface area contributed by atoms with Crippen LogP contribution < -0.4 is 0 Å². The van der Waals surface area contributed by atoms with E-state index in [-0.39, 0.29) is 11.7 Å². The first-order chi connectivity index (χ1) is 15.0. The maximum absolute atomic E-state index is 13.4. The zero-order valence-corrected chi connectivity index (χ0v) is 17.7. The molecule has 2 N–H and O–H groups in total. The normalized spacial score (nSPS) is 10.9. The number of H-pyrrole nitrogens is 2. The van der Waals surface area contributed by atoms with Crippen LogP contribution in [0, 0.1) is 5.82 Å². The van der Waals surface area contributed by atoms with Gasteiger partial charge in [-0.15, -0.1) is 0 Å². The average molecular weight is 438 g/mol. The molecule has 2 aromatic heterocycles. The highest BCUT2D eigenvalue weighted by Crippen LogP contribution is 2.22. The number of carbonyl (C=O) groups excluding carboxylic acids is 1. The van der Waals surface area contributed by atoms with Crippen LogP contribution >= 0.6 is 11.6 Å². The number of nitrogens with one attached hydrogen (secondary N) is 2. The first kappa shape index (κ1) is 20.8. The van der Waals surface area contributed by atoms with E-state index in [0.29, 0.717) is 28.6 Å². The Hall–Kier alpha value is -3.45. The fourth-order valence-corrected chi connectivity index (χ4v) is 3.52. The van der Waals surface area contributed by atoms with Crippen LogP contribution in [0.3, 0.4) is 0 Å². The van der Waals surface area contributed by atoms with Crippen LogP contribution in [0.5, 0.6) is 0 Å². The molecule has 8 heteroatoms. The Morgan fingerprint density at radius 2 is 1.71 bits per heavy atom. The van der Waals surface area contributed by atoms with Gasteiger partial charge in [-0.2, -0.15) is 10.2 Å². The minimum absolute atomic E-state index is 0.133. The van der Waals surface area contributed by atoms with Crippen molar-refractivity contribution < 1.29 is 9.18 Å². The van der Waals surface area contributed by atoms with Crippen LogP contribution in [-0.2, 0) is 6.42 Å². The molecule has 4 rings (SSSR count). The standard InChI is InChI=1S/C23H21ClFN5O/c1-30(23(31)22-14-21(28-29-22)15-5-2-7-17(24)11-15)10-4-9-19-13-20(27-26-19)16-6-3-8-18(25)12-16/h2-3,5-8,11-14H,4,9-10H2,1H3,(H,26,27)(H,28,29). The number of nitrogens with zero attached hydrogens (tertiary/aromatic N) is 3. The highest BCUT2D eigenvalue weighted by Gasteiger charge is 2.15. The summed E-state index contributed by atoms with van der Waals surface area (Å²) >= 11 is 6.03. The third-order valence-corrected chi connectivity index (χ3v) is 5.20. The highest BCUT2D eigenvalue weighted by atomic mass is 35.5. The summed E-state index contributed by atoms with van der Waals surface area (Å²) in [6, 6.07) is 17.3. The number of rotatable bonds is 7. The number of hydrogen-bond donors (Lipinski definition) is 2. The van der Waals surface area contributed by atoms with E-state index < -0.39 is 0 Å². The lowest BCUT2D eigenvalue weighted by Crippen LogP contribution is -2.28. The van der Waals surface area contributed by atoms with Gasteiger partial charge in [0.15, 0.2) is 0 Å². The van der Waals surface area contributed by atoms with E-state index in [0.717, 1.165) is 29.7 Å². The Morgan fingerprint density at radius 1 is 1.00 bits per heavy atom. The maximum atomic E-state index is 13.4. The molecule has 0 saturated heterocycles. The second-order valence-electron chi connectivity index (χ2n) is 7.30. The number of aromatic nitrogens is 4. The van der Waals surface area contributed by atoms with Gasteiger partial charge in [-0.1, -0.05) is 35.9 Å². The number of aromatic amines is 2. The predicted molar refractivity (Wildman–Crippen MR) is 118 cm³/mol. The molecule has 0 saturated carbocycles. The third kappa shape index (κ3) is 5.00. The van der Waals surface area contributed by atoms with Gasteiger partial charge in [0.2, 0.25) is 0 Å². The molecule has 1 amide bonds. The van der Waals surface area contributed by atoms with Crippen LogP contribution in [0.15, 0.2) is 60.7 Å². The Morgan fingerprint density at radius 3 is 2.48 bits per heavy atom. The number of amides is 1. The SMILES string of the molecule is CN(CCCc1cc(-c2cccc(F)c2)n[nH]1)C(=O)c1cc(-c2cccc(Cl)c2)n[nH]1. The van der Waals surface area contributed by atoms with Crippen molar-refractivity contribution in [2.75, 3.05) is 13.6 Å². The Bertz CT molecular complexity index is 1200. The van der Waals surface area contributed by atoms with E-state index in [1.54, 1.807) is 36.2 Å². The van der Waals surface area contributed by atoms with E-state index in [4.69, 9.17) is 11.6 Å². The fourth-order valence-electron chi connectivity index (χ4n) is 3.33. The zero-order valence-electron chi connectivity index (χ0n) is 16.9. The van der Waals surface area contributed by atoms with E-state index in [1.807, 2.05) is 24.3 Å². The van der Waals surface area contributed by atoms with E-state index in [2.05, 4.69) is 20.4 Å². The molecular formula is C23H21ClFN5O. The van der Waals surface area contributed by atoms with Gasteiger partial charge < -0.3 is 4.90 Å². The predicted octanol–water partition coefficient (Wildman–Crippen LogP) is 4.96. The summed E-state index contributed by atoms with van der Waals surface area (Å²) in [7, 11) is 1.76. The van der Waals surface area contributed by atoms with E-state index in [9.17, 15) is 9.18 Å². The second kappa shape index (κ2) is 9.14. The van der Waals surface area contributed by atoms with Gasteiger partial charge in [0.1, 0.15) is 11.5 Å². The lowest BCUT2D eigenvalue weighted by molar-refractivity contribution is 0.0787. The van der Waals surface area contributed by atoms with Crippen molar-refractivity contribution >= 4 is 17.5 Å². The summed E-state index contributed by atoms with van der Waals surface area (Å²) in [5.41, 5.74) is 4.30. The van der Waals surface area contributed by atoms with Crippen molar-refractivity contribution in [3.05, 3.63) is 82.9 Å². The molecule has 4 aromatic rings. The number of benzene rings is 2. The quantitative estimate of drug-likeness (QED) is 0.428. The minimum Gasteiger partial charge on any atom is -0.340 e. The molecule has 31 heavy (non-hydrogen) atoms. The highest BCUT2D eigenvalue weighted by molar-refractivity contribution is 6.30. The molecule has 0 aliphatic carbocycles. The van der Waals surface area contributed by atoms with E-state index >= 15 is 0 Å². The molecule has 6 nitrogen and oxygen atoms in total. The van der Waals surface area contributed by atoms with Crippen LogP contribution in [0.1, 0.15) is 22.6 Å². The molecule has 2 heterocycles. The van der Waals surface area contributed by atoms with Crippen LogP contribution in [-0.4, -0.2) is 44.8 Å². The largest absolute Gasteiger partial charge is 0.340 e. The number of halogens is 2. The van der Waals surface area contributed by atoms with Gasteiger partial charge in [0.05, 0.1) is 11.4 Å². The summed E-state index contributed by atoms with van der Waals surface area (Å²) in [5.74, 6) is -0.426. The number of aryl methyl sites for hydroxylation is 1. The molecule has 0 radical (unpaired) electrons. The van der Waals surface area contributed by atoms with Gasteiger partial charge in [0, 0.05) is 35.4 Å². The monoisotopic (exact) mass is 437 g/mol.